The average molecular weight is 460 g/mol. The summed E-state index contributed by atoms with van der Waals surface area (Å²) in [4.78, 5) is 28.4. The summed E-state index contributed by atoms with van der Waals surface area (Å²) < 4.78 is 8.49. The van der Waals surface area contributed by atoms with Gasteiger partial charge in [0.2, 0.25) is 5.91 Å². The van der Waals surface area contributed by atoms with Crippen LogP contribution in [-0.4, -0.2) is 34.4 Å². The highest BCUT2D eigenvalue weighted by atomic mass is 32.2. The summed E-state index contributed by atoms with van der Waals surface area (Å²) in [5.41, 5.74) is 1.24. The Morgan fingerprint density at radius 1 is 1.31 bits per heavy atom. The Morgan fingerprint density at radius 3 is 2.72 bits per heavy atom. The lowest BCUT2D eigenvalue weighted by molar-refractivity contribution is 0.0633. The van der Waals surface area contributed by atoms with E-state index >= 15 is 0 Å². The second-order valence-electron chi connectivity index (χ2n) is 9.18. The lowest BCUT2D eigenvalue weighted by Crippen LogP contribution is -2.40. The van der Waals surface area contributed by atoms with Crippen LogP contribution in [0.2, 0.25) is 0 Å². The van der Waals surface area contributed by atoms with Gasteiger partial charge in [-0.25, -0.2) is 9.36 Å². The molecule has 1 N–H and O–H groups in total. The van der Waals surface area contributed by atoms with Crippen molar-refractivity contribution in [3.05, 3.63) is 41.1 Å². The first kappa shape index (κ1) is 24.5. The SMILES string of the molecule is C=C(NCCn1c(=O)n(C(=O)[C@@H]2C[C@H](C)CC[C@H]2C(C)C)c2ccc(SC)cc21)OCC. The van der Waals surface area contributed by atoms with E-state index in [-0.39, 0.29) is 17.5 Å². The van der Waals surface area contributed by atoms with E-state index in [9.17, 15) is 9.59 Å². The summed E-state index contributed by atoms with van der Waals surface area (Å²) in [6.45, 7) is 13.8. The maximum absolute atomic E-state index is 13.8. The first-order chi connectivity index (χ1) is 15.3. The van der Waals surface area contributed by atoms with Crippen LogP contribution < -0.4 is 11.0 Å². The molecule has 32 heavy (non-hydrogen) atoms. The van der Waals surface area contributed by atoms with Crippen LogP contribution in [0, 0.1) is 23.7 Å². The molecule has 2 aromatic rings. The fraction of sp³-hybridized carbons (Fsp3) is 0.600. The molecule has 1 aromatic carbocycles. The maximum atomic E-state index is 13.8. The summed E-state index contributed by atoms with van der Waals surface area (Å²) in [5, 5.41) is 3.11. The third kappa shape index (κ3) is 5.08. The van der Waals surface area contributed by atoms with E-state index in [0.29, 0.717) is 48.8 Å². The number of rotatable bonds is 9. The minimum absolute atomic E-state index is 0.0485. The predicted octanol–water partition coefficient (Wildman–Crippen LogP) is 4.97. The second-order valence-corrected chi connectivity index (χ2v) is 10.1. The minimum Gasteiger partial charge on any atom is -0.480 e. The predicted molar refractivity (Wildman–Crippen MR) is 132 cm³/mol. The second kappa shape index (κ2) is 10.6. The zero-order valence-electron chi connectivity index (χ0n) is 20.0. The third-order valence-electron chi connectivity index (χ3n) is 6.67. The first-order valence-electron chi connectivity index (χ1n) is 11.7. The molecule has 3 atom stereocenters. The van der Waals surface area contributed by atoms with E-state index in [4.69, 9.17) is 4.74 Å². The first-order valence-corrected chi connectivity index (χ1v) is 12.9. The molecule has 176 valence electrons. The van der Waals surface area contributed by atoms with Crippen LogP contribution in [0.4, 0.5) is 0 Å². The Morgan fingerprint density at radius 2 is 2.06 bits per heavy atom. The number of thioether (sulfide) groups is 1. The number of hydrogen-bond acceptors (Lipinski definition) is 5. The largest absolute Gasteiger partial charge is 0.480 e. The van der Waals surface area contributed by atoms with Gasteiger partial charge >= 0.3 is 5.69 Å². The number of carbonyl (C=O) groups is 1. The molecule has 0 spiro atoms. The third-order valence-corrected chi connectivity index (χ3v) is 7.40. The van der Waals surface area contributed by atoms with E-state index in [2.05, 4.69) is 32.7 Å². The molecule has 3 rings (SSSR count). The van der Waals surface area contributed by atoms with Gasteiger partial charge in [-0.15, -0.1) is 11.8 Å². The van der Waals surface area contributed by atoms with Gasteiger partial charge < -0.3 is 10.1 Å². The number of aromatic nitrogens is 2. The van der Waals surface area contributed by atoms with Crippen molar-refractivity contribution in [2.24, 2.45) is 23.7 Å². The van der Waals surface area contributed by atoms with E-state index in [1.165, 1.54) is 4.57 Å². The van der Waals surface area contributed by atoms with Crippen molar-refractivity contribution in [1.29, 1.82) is 0 Å². The standard InChI is InChI=1S/C25H37N3O3S/c1-7-31-18(5)26-12-13-27-23-15-19(32-6)9-11-22(23)28(25(27)30)24(29)21-14-17(4)8-10-20(21)16(2)3/h9,11,15-17,20-21,26H,5,7-8,10,12-14H2,1-4,6H3/t17-,20+,21-/m1/s1. The Kier molecular flexibility index (Phi) is 8.15. The monoisotopic (exact) mass is 459 g/mol. The van der Waals surface area contributed by atoms with Crippen LogP contribution in [0.5, 0.6) is 0 Å². The zero-order chi connectivity index (χ0) is 23.4. The number of imidazole rings is 1. The van der Waals surface area contributed by atoms with Gasteiger partial charge in [0.05, 0.1) is 17.6 Å². The molecule has 1 aliphatic rings. The van der Waals surface area contributed by atoms with Crippen molar-refractivity contribution >= 4 is 28.7 Å². The van der Waals surface area contributed by atoms with Crippen LogP contribution in [-0.2, 0) is 11.3 Å². The van der Waals surface area contributed by atoms with Gasteiger partial charge in [0.1, 0.15) is 0 Å². The molecule has 1 aromatic heterocycles. The highest BCUT2D eigenvalue weighted by molar-refractivity contribution is 7.98. The smallest absolute Gasteiger partial charge is 0.336 e. The van der Waals surface area contributed by atoms with E-state index in [1.54, 1.807) is 16.3 Å². The van der Waals surface area contributed by atoms with Gasteiger partial charge in [0, 0.05) is 23.9 Å². The number of hydrogen-bond donors (Lipinski definition) is 1. The maximum Gasteiger partial charge on any atom is 0.336 e. The number of ether oxygens (including phenoxy) is 1. The number of carbonyl (C=O) groups excluding carboxylic acids is 1. The molecule has 1 fully saturated rings. The van der Waals surface area contributed by atoms with Crippen molar-refractivity contribution < 1.29 is 9.53 Å². The summed E-state index contributed by atoms with van der Waals surface area (Å²) in [7, 11) is 0. The fourth-order valence-electron chi connectivity index (χ4n) is 4.98. The van der Waals surface area contributed by atoms with Crippen LogP contribution in [0.25, 0.3) is 11.0 Å². The van der Waals surface area contributed by atoms with Gasteiger partial charge in [-0.3, -0.25) is 9.36 Å². The molecule has 1 heterocycles. The number of fused-ring (bicyclic) bond motifs is 1. The van der Waals surface area contributed by atoms with Crippen molar-refractivity contribution in [3.63, 3.8) is 0 Å². The van der Waals surface area contributed by atoms with Gasteiger partial charge in [-0.05, 0) is 68.6 Å². The van der Waals surface area contributed by atoms with Crippen molar-refractivity contribution in [1.82, 2.24) is 14.5 Å². The van der Waals surface area contributed by atoms with Crippen LogP contribution >= 0.6 is 11.8 Å². The molecule has 0 unspecified atom stereocenters. The van der Waals surface area contributed by atoms with Gasteiger partial charge in [-0.2, -0.15) is 0 Å². The lowest BCUT2D eigenvalue weighted by atomic mass is 9.69. The summed E-state index contributed by atoms with van der Waals surface area (Å²) in [5.74, 6) is 1.54. The van der Waals surface area contributed by atoms with E-state index in [1.807, 2.05) is 31.4 Å². The molecule has 6 nitrogen and oxygen atoms in total. The summed E-state index contributed by atoms with van der Waals surface area (Å²) >= 11 is 1.62. The van der Waals surface area contributed by atoms with Crippen LogP contribution in [0.1, 0.15) is 51.8 Å². The van der Waals surface area contributed by atoms with E-state index in [0.717, 1.165) is 29.7 Å². The highest BCUT2D eigenvalue weighted by Crippen LogP contribution is 2.39. The molecular weight excluding hydrogens is 422 g/mol. The van der Waals surface area contributed by atoms with Crippen LogP contribution in [0.3, 0.4) is 0 Å². The summed E-state index contributed by atoms with van der Waals surface area (Å²) in [6.07, 6.45) is 5.05. The normalized spacial score (nSPS) is 21.1. The van der Waals surface area contributed by atoms with Gasteiger partial charge in [0.15, 0.2) is 5.88 Å². The topological polar surface area (TPSA) is 65.3 Å². The zero-order valence-corrected chi connectivity index (χ0v) is 20.8. The molecule has 7 heteroatoms. The molecule has 0 amide bonds. The Balaban J connectivity index is 2.01. The number of nitrogens with zero attached hydrogens (tertiary/aromatic N) is 2. The highest BCUT2D eigenvalue weighted by Gasteiger charge is 2.37. The molecule has 0 aliphatic heterocycles. The fourth-order valence-corrected chi connectivity index (χ4v) is 5.41. The lowest BCUT2D eigenvalue weighted by Gasteiger charge is -2.36. The Hall–Kier alpha value is -2.15. The number of nitrogens with one attached hydrogen (secondary N) is 1. The molecule has 1 aliphatic carbocycles. The van der Waals surface area contributed by atoms with E-state index < -0.39 is 0 Å². The number of benzene rings is 1. The molecule has 0 bridgehead atoms. The average Bonchev–Trinajstić information content (AvgIpc) is 3.03. The van der Waals surface area contributed by atoms with Crippen LogP contribution in [0.15, 0.2) is 40.4 Å². The molecule has 1 saturated carbocycles. The Bertz CT molecular complexity index is 1020. The summed E-state index contributed by atoms with van der Waals surface area (Å²) in [6, 6.07) is 5.91. The molecule has 0 radical (unpaired) electrons. The van der Waals surface area contributed by atoms with Crippen molar-refractivity contribution in [3.8, 4) is 0 Å². The quantitative estimate of drug-likeness (QED) is 0.424. The molecular formula is C25H37N3O3S. The Labute approximate surface area is 195 Å². The van der Waals surface area contributed by atoms with Gasteiger partial charge in [-0.1, -0.05) is 27.2 Å². The minimum atomic E-state index is -0.257. The van der Waals surface area contributed by atoms with Crippen molar-refractivity contribution in [2.45, 2.75) is 58.4 Å². The molecule has 0 saturated heterocycles. The van der Waals surface area contributed by atoms with Gasteiger partial charge in [0.25, 0.3) is 0 Å². The van der Waals surface area contributed by atoms with Crippen molar-refractivity contribution in [2.75, 3.05) is 19.4 Å².